The van der Waals surface area contributed by atoms with Gasteiger partial charge in [0.2, 0.25) is 5.89 Å². The van der Waals surface area contributed by atoms with Gasteiger partial charge in [0.25, 0.3) is 11.7 Å². The molecular formula is C14H16N4O3. The largest absolute Gasteiger partial charge is 0.392 e. The fourth-order valence-corrected chi connectivity index (χ4v) is 2.24. The van der Waals surface area contributed by atoms with Crippen molar-refractivity contribution in [3.63, 3.8) is 0 Å². The molecular weight excluding hydrogens is 272 g/mol. The van der Waals surface area contributed by atoms with Crippen LogP contribution in [0.1, 0.15) is 41.0 Å². The molecule has 3 rings (SSSR count). The third-order valence-electron chi connectivity index (χ3n) is 3.40. The Morgan fingerprint density at radius 3 is 2.90 bits per heavy atom. The van der Waals surface area contributed by atoms with Crippen molar-refractivity contribution in [2.45, 2.75) is 25.5 Å². The molecule has 1 saturated heterocycles. The maximum Gasteiger partial charge on any atom is 0.297 e. The van der Waals surface area contributed by atoms with Crippen LogP contribution in [0.2, 0.25) is 0 Å². The Morgan fingerprint density at radius 1 is 1.43 bits per heavy atom. The van der Waals surface area contributed by atoms with E-state index in [9.17, 15) is 4.79 Å². The fraction of sp³-hybridized carbons (Fsp3) is 0.357. The molecule has 0 saturated carbocycles. The predicted molar refractivity (Wildman–Crippen MR) is 74.6 cm³/mol. The normalized spacial score (nSPS) is 17.9. The number of benzene rings is 1. The highest BCUT2D eigenvalue weighted by Crippen LogP contribution is 2.21. The van der Waals surface area contributed by atoms with Gasteiger partial charge < -0.3 is 20.3 Å². The number of carbonyl (C=O) groups is 1. The Bertz CT molecular complexity index is 617. The molecule has 1 atom stereocenters. The average Bonchev–Trinajstić information content (AvgIpc) is 3.19. The summed E-state index contributed by atoms with van der Waals surface area (Å²) < 4.78 is 5.13. The topological polar surface area (TPSA) is 100 Å². The highest BCUT2D eigenvalue weighted by Gasteiger charge is 2.24. The predicted octanol–water partition coefficient (Wildman–Crippen LogP) is 1.24. The minimum atomic E-state index is -0.417. The van der Waals surface area contributed by atoms with E-state index in [0.717, 1.165) is 24.9 Å². The van der Waals surface area contributed by atoms with Crippen molar-refractivity contribution < 1.29 is 14.4 Å². The highest BCUT2D eigenvalue weighted by atomic mass is 16.5. The second-order valence-corrected chi connectivity index (χ2v) is 4.91. The van der Waals surface area contributed by atoms with Gasteiger partial charge in [-0.15, -0.1) is 0 Å². The number of aliphatic hydroxyl groups is 1. The van der Waals surface area contributed by atoms with Crippen LogP contribution in [-0.2, 0) is 6.61 Å². The van der Waals surface area contributed by atoms with Crippen molar-refractivity contribution in [2.75, 3.05) is 11.9 Å². The molecule has 21 heavy (non-hydrogen) atoms. The number of carbonyl (C=O) groups excluding carboxylic acids is 1. The van der Waals surface area contributed by atoms with Crippen LogP contribution in [0, 0.1) is 0 Å². The van der Waals surface area contributed by atoms with Gasteiger partial charge in [0.15, 0.2) is 0 Å². The average molecular weight is 288 g/mol. The third kappa shape index (κ3) is 3.09. The van der Waals surface area contributed by atoms with Gasteiger partial charge in [-0.1, -0.05) is 17.3 Å². The van der Waals surface area contributed by atoms with Crippen LogP contribution in [0.25, 0.3) is 0 Å². The van der Waals surface area contributed by atoms with Gasteiger partial charge in [-0.05, 0) is 37.1 Å². The molecule has 1 fully saturated rings. The summed E-state index contributed by atoms with van der Waals surface area (Å²) in [5, 5.41) is 18.6. The first-order valence-electron chi connectivity index (χ1n) is 6.84. The van der Waals surface area contributed by atoms with Gasteiger partial charge in [-0.25, -0.2) is 0 Å². The van der Waals surface area contributed by atoms with Gasteiger partial charge in [0.05, 0.1) is 12.6 Å². The van der Waals surface area contributed by atoms with Crippen molar-refractivity contribution in [1.29, 1.82) is 0 Å². The summed E-state index contributed by atoms with van der Waals surface area (Å²) in [5.41, 5.74) is 1.39. The second-order valence-electron chi connectivity index (χ2n) is 4.91. The molecule has 7 nitrogen and oxygen atoms in total. The van der Waals surface area contributed by atoms with Gasteiger partial charge in [0, 0.05) is 5.69 Å². The molecule has 1 aromatic carbocycles. The number of rotatable bonds is 4. The number of nitrogens with zero attached hydrogens (tertiary/aromatic N) is 2. The summed E-state index contributed by atoms with van der Waals surface area (Å²) >= 11 is 0. The first-order valence-corrected chi connectivity index (χ1v) is 6.84. The molecule has 2 aromatic rings. The van der Waals surface area contributed by atoms with Crippen molar-refractivity contribution in [2.24, 2.45) is 0 Å². The quantitative estimate of drug-likeness (QED) is 0.782. The molecule has 1 amide bonds. The molecule has 2 heterocycles. The zero-order valence-electron chi connectivity index (χ0n) is 11.4. The number of aliphatic hydroxyl groups excluding tert-OH is 1. The summed E-state index contributed by atoms with van der Waals surface area (Å²) in [6, 6.07) is 6.94. The highest BCUT2D eigenvalue weighted by molar-refractivity contribution is 6.01. The Balaban J connectivity index is 1.67. The number of nitrogens with one attached hydrogen (secondary N) is 2. The van der Waals surface area contributed by atoms with Crippen LogP contribution in [0.15, 0.2) is 28.8 Å². The lowest BCUT2D eigenvalue weighted by atomic mass is 10.2. The molecule has 0 spiro atoms. The fourth-order valence-electron chi connectivity index (χ4n) is 2.24. The maximum atomic E-state index is 12.0. The molecule has 0 radical (unpaired) electrons. The number of hydrogen-bond acceptors (Lipinski definition) is 6. The first kappa shape index (κ1) is 13.7. The number of amides is 1. The summed E-state index contributed by atoms with van der Waals surface area (Å²) in [5.74, 6) is 0.0537. The lowest BCUT2D eigenvalue weighted by molar-refractivity contribution is 0.101. The SMILES string of the molecule is O=C(Nc1ccc(CO)cc1)c1noc(C2CCCN2)n1. The lowest BCUT2D eigenvalue weighted by Crippen LogP contribution is -2.15. The van der Waals surface area contributed by atoms with Crippen molar-refractivity contribution in [1.82, 2.24) is 15.5 Å². The van der Waals surface area contributed by atoms with Gasteiger partial charge in [-0.2, -0.15) is 4.98 Å². The van der Waals surface area contributed by atoms with E-state index in [2.05, 4.69) is 20.8 Å². The Kier molecular flexibility index (Phi) is 3.94. The van der Waals surface area contributed by atoms with E-state index in [0.29, 0.717) is 11.6 Å². The summed E-state index contributed by atoms with van der Waals surface area (Å²) in [6.07, 6.45) is 2.00. The monoisotopic (exact) mass is 288 g/mol. The van der Waals surface area contributed by atoms with E-state index < -0.39 is 5.91 Å². The van der Waals surface area contributed by atoms with E-state index in [1.54, 1.807) is 24.3 Å². The Morgan fingerprint density at radius 2 is 2.24 bits per heavy atom. The van der Waals surface area contributed by atoms with Crippen molar-refractivity contribution in [3.8, 4) is 0 Å². The molecule has 7 heteroatoms. The zero-order valence-corrected chi connectivity index (χ0v) is 11.4. The van der Waals surface area contributed by atoms with Crippen molar-refractivity contribution >= 4 is 11.6 Å². The van der Waals surface area contributed by atoms with Crippen LogP contribution < -0.4 is 10.6 Å². The van der Waals surface area contributed by atoms with E-state index >= 15 is 0 Å². The minimum absolute atomic E-state index is 0.0185. The Labute approximate surface area is 121 Å². The van der Waals surface area contributed by atoms with Crippen LogP contribution in [-0.4, -0.2) is 27.7 Å². The van der Waals surface area contributed by atoms with Crippen LogP contribution >= 0.6 is 0 Å². The van der Waals surface area contributed by atoms with Crippen LogP contribution in [0.4, 0.5) is 5.69 Å². The third-order valence-corrected chi connectivity index (χ3v) is 3.40. The number of aromatic nitrogens is 2. The molecule has 0 aliphatic carbocycles. The number of anilines is 1. The van der Waals surface area contributed by atoms with Gasteiger partial charge >= 0.3 is 0 Å². The molecule has 1 aliphatic heterocycles. The van der Waals surface area contributed by atoms with Crippen molar-refractivity contribution in [3.05, 3.63) is 41.5 Å². The zero-order chi connectivity index (χ0) is 14.7. The van der Waals surface area contributed by atoms with E-state index in [-0.39, 0.29) is 18.5 Å². The Hall–Kier alpha value is -2.25. The molecule has 3 N–H and O–H groups in total. The number of hydrogen-bond donors (Lipinski definition) is 3. The minimum Gasteiger partial charge on any atom is -0.392 e. The molecule has 0 bridgehead atoms. The molecule has 1 unspecified atom stereocenters. The van der Waals surface area contributed by atoms with Gasteiger partial charge in [-0.3, -0.25) is 4.79 Å². The van der Waals surface area contributed by atoms with E-state index in [1.807, 2.05) is 0 Å². The standard InChI is InChI=1S/C14H16N4O3/c19-8-9-3-5-10(6-4-9)16-13(20)12-17-14(21-18-12)11-2-1-7-15-11/h3-6,11,15,19H,1-2,7-8H2,(H,16,20). The second kappa shape index (κ2) is 6.02. The smallest absolute Gasteiger partial charge is 0.297 e. The van der Waals surface area contributed by atoms with Crippen LogP contribution in [0.3, 0.4) is 0 Å². The summed E-state index contributed by atoms with van der Waals surface area (Å²) in [6.45, 7) is 0.891. The summed E-state index contributed by atoms with van der Waals surface area (Å²) in [7, 11) is 0. The summed E-state index contributed by atoms with van der Waals surface area (Å²) in [4.78, 5) is 16.2. The maximum absolute atomic E-state index is 12.0. The molecule has 110 valence electrons. The van der Waals surface area contributed by atoms with Gasteiger partial charge in [0.1, 0.15) is 0 Å². The van der Waals surface area contributed by atoms with Crippen LogP contribution in [0.5, 0.6) is 0 Å². The molecule has 1 aliphatic rings. The van der Waals surface area contributed by atoms with E-state index in [4.69, 9.17) is 9.63 Å². The first-order chi connectivity index (χ1) is 10.3. The lowest BCUT2D eigenvalue weighted by Gasteiger charge is -2.03. The molecule has 1 aromatic heterocycles. The van der Waals surface area contributed by atoms with E-state index in [1.165, 1.54) is 0 Å².